The minimum absolute atomic E-state index is 0.0389. The number of hydrogen-bond acceptors (Lipinski definition) is 4. The van der Waals surface area contributed by atoms with E-state index in [1.54, 1.807) is 7.05 Å². The van der Waals surface area contributed by atoms with Crippen LogP contribution in [0.15, 0.2) is 17.3 Å². The number of aromatic amines is 1. The number of carbonyl (C=O) groups excluding carboxylic acids is 1. The highest BCUT2D eigenvalue weighted by molar-refractivity contribution is 7.89. The van der Waals surface area contributed by atoms with Crippen molar-refractivity contribution >= 4 is 15.9 Å². The summed E-state index contributed by atoms with van der Waals surface area (Å²) in [6.07, 6.45) is 2.27. The van der Waals surface area contributed by atoms with Crippen molar-refractivity contribution in [2.75, 3.05) is 13.6 Å². The summed E-state index contributed by atoms with van der Waals surface area (Å²) in [7, 11) is -1.90. The van der Waals surface area contributed by atoms with E-state index >= 15 is 0 Å². The summed E-state index contributed by atoms with van der Waals surface area (Å²) in [5, 5.41) is 6.04. The third kappa shape index (κ3) is 2.64. The standard InChI is InChI=1S/C9H14N4O3S/c1-13-6-7(2-3-9(13)14)12-17(15,16)8-4-5-10-11-8/h4-5,7,12H,2-3,6H2,1H3,(H,10,11). The smallest absolute Gasteiger partial charge is 0.257 e. The number of amides is 1. The minimum atomic E-state index is -3.56. The van der Waals surface area contributed by atoms with Crippen molar-refractivity contribution in [2.24, 2.45) is 0 Å². The summed E-state index contributed by atoms with van der Waals surface area (Å²) < 4.78 is 26.3. The van der Waals surface area contributed by atoms with E-state index in [1.165, 1.54) is 17.2 Å². The molecule has 17 heavy (non-hydrogen) atoms. The van der Waals surface area contributed by atoms with Crippen molar-refractivity contribution in [1.29, 1.82) is 0 Å². The Kier molecular flexibility index (Phi) is 3.16. The second-order valence-corrected chi connectivity index (χ2v) is 5.73. The average molecular weight is 258 g/mol. The normalized spacial score (nSPS) is 21.8. The van der Waals surface area contributed by atoms with E-state index in [0.29, 0.717) is 19.4 Å². The number of carbonyl (C=O) groups is 1. The fourth-order valence-corrected chi connectivity index (χ4v) is 2.96. The summed E-state index contributed by atoms with van der Waals surface area (Å²) in [5.41, 5.74) is 0. The second-order valence-electron chi connectivity index (χ2n) is 4.05. The first kappa shape index (κ1) is 12.1. The first-order valence-electron chi connectivity index (χ1n) is 5.25. The number of nitrogens with one attached hydrogen (secondary N) is 2. The van der Waals surface area contributed by atoms with Crippen molar-refractivity contribution in [1.82, 2.24) is 19.8 Å². The summed E-state index contributed by atoms with van der Waals surface area (Å²) in [6.45, 7) is 0.395. The van der Waals surface area contributed by atoms with Gasteiger partial charge in [-0.3, -0.25) is 9.89 Å². The number of rotatable bonds is 3. The van der Waals surface area contributed by atoms with E-state index in [0.717, 1.165) is 0 Å². The fraction of sp³-hybridized carbons (Fsp3) is 0.556. The molecular formula is C9H14N4O3S. The van der Waals surface area contributed by atoms with E-state index in [4.69, 9.17) is 0 Å². The van der Waals surface area contributed by atoms with Gasteiger partial charge in [-0.2, -0.15) is 5.10 Å². The summed E-state index contributed by atoms with van der Waals surface area (Å²) in [6, 6.07) is 1.14. The van der Waals surface area contributed by atoms with Crippen molar-refractivity contribution in [2.45, 2.75) is 23.9 Å². The third-order valence-corrected chi connectivity index (χ3v) is 4.16. The Bertz CT molecular complexity index is 496. The van der Waals surface area contributed by atoms with Crippen LogP contribution in [0.4, 0.5) is 0 Å². The van der Waals surface area contributed by atoms with Gasteiger partial charge in [-0.05, 0) is 12.5 Å². The van der Waals surface area contributed by atoms with Crippen LogP contribution in [-0.2, 0) is 14.8 Å². The highest BCUT2D eigenvalue weighted by Gasteiger charge is 2.27. The molecule has 1 aliphatic heterocycles. The molecule has 1 saturated heterocycles. The molecule has 2 rings (SSSR count). The zero-order valence-electron chi connectivity index (χ0n) is 9.38. The molecule has 1 aliphatic rings. The fourth-order valence-electron chi connectivity index (χ4n) is 1.78. The molecule has 0 saturated carbocycles. The Hall–Kier alpha value is -1.41. The monoisotopic (exact) mass is 258 g/mol. The summed E-state index contributed by atoms with van der Waals surface area (Å²) in [4.78, 5) is 12.8. The van der Waals surface area contributed by atoms with Gasteiger partial charge < -0.3 is 4.90 Å². The van der Waals surface area contributed by atoms with E-state index in [-0.39, 0.29) is 17.0 Å². The second kappa shape index (κ2) is 4.46. The molecule has 1 atom stereocenters. The molecule has 94 valence electrons. The molecule has 0 radical (unpaired) electrons. The van der Waals surface area contributed by atoms with Gasteiger partial charge in [0.2, 0.25) is 5.91 Å². The van der Waals surface area contributed by atoms with E-state index < -0.39 is 10.0 Å². The van der Waals surface area contributed by atoms with Gasteiger partial charge in [-0.15, -0.1) is 0 Å². The number of nitrogens with zero attached hydrogens (tertiary/aromatic N) is 2. The van der Waals surface area contributed by atoms with Crippen LogP contribution >= 0.6 is 0 Å². The molecule has 1 unspecified atom stereocenters. The number of aromatic nitrogens is 2. The average Bonchev–Trinajstić information content (AvgIpc) is 2.77. The highest BCUT2D eigenvalue weighted by atomic mass is 32.2. The van der Waals surface area contributed by atoms with Crippen molar-refractivity contribution in [3.8, 4) is 0 Å². The van der Waals surface area contributed by atoms with Crippen molar-refractivity contribution in [3.05, 3.63) is 12.3 Å². The van der Waals surface area contributed by atoms with Gasteiger partial charge in [0.1, 0.15) is 0 Å². The van der Waals surface area contributed by atoms with Gasteiger partial charge in [0.25, 0.3) is 10.0 Å². The lowest BCUT2D eigenvalue weighted by atomic mass is 10.1. The number of sulfonamides is 1. The van der Waals surface area contributed by atoms with Crippen molar-refractivity contribution < 1.29 is 13.2 Å². The van der Waals surface area contributed by atoms with Crippen molar-refractivity contribution in [3.63, 3.8) is 0 Å². The largest absolute Gasteiger partial charge is 0.344 e. The Morgan fingerprint density at radius 1 is 1.59 bits per heavy atom. The third-order valence-electron chi connectivity index (χ3n) is 2.71. The molecular weight excluding hydrogens is 244 g/mol. The first-order chi connectivity index (χ1) is 7.99. The lowest BCUT2D eigenvalue weighted by Gasteiger charge is -2.29. The molecule has 0 aromatic carbocycles. The molecule has 1 aromatic heterocycles. The number of piperidine rings is 1. The summed E-state index contributed by atoms with van der Waals surface area (Å²) in [5.74, 6) is 0.0435. The predicted molar refractivity (Wildman–Crippen MR) is 59.6 cm³/mol. The molecule has 1 aromatic rings. The van der Waals surface area contributed by atoms with Crippen LogP contribution < -0.4 is 4.72 Å². The SMILES string of the molecule is CN1CC(NS(=O)(=O)c2ccn[nH]2)CCC1=O. The van der Waals surface area contributed by atoms with Gasteiger partial charge in [-0.25, -0.2) is 13.1 Å². The van der Waals surface area contributed by atoms with Gasteiger partial charge in [0.05, 0.1) is 6.20 Å². The van der Waals surface area contributed by atoms with E-state index in [2.05, 4.69) is 14.9 Å². The molecule has 1 amide bonds. The van der Waals surface area contributed by atoms with Crippen LogP contribution in [0.2, 0.25) is 0 Å². The maximum Gasteiger partial charge on any atom is 0.257 e. The number of likely N-dealkylation sites (tertiary alicyclic amines) is 1. The lowest BCUT2D eigenvalue weighted by molar-refractivity contribution is -0.132. The Morgan fingerprint density at radius 3 is 2.94 bits per heavy atom. The van der Waals surface area contributed by atoms with Crippen LogP contribution in [0.3, 0.4) is 0 Å². The highest BCUT2D eigenvalue weighted by Crippen LogP contribution is 2.12. The van der Waals surface area contributed by atoms with Gasteiger partial charge in [-0.1, -0.05) is 0 Å². The van der Waals surface area contributed by atoms with Crippen LogP contribution in [0, 0.1) is 0 Å². The Morgan fingerprint density at radius 2 is 2.35 bits per heavy atom. The topological polar surface area (TPSA) is 95.2 Å². The van der Waals surface area contributed by atoms with Gasteiger partial charge in [0, 0.05) is 26.1 Å². The zero-order valence-corrected chi connectivity index (χ0v) is 10.2. The Balaban J connectivity index is 2.05. The molecule has 0 aliphatic carbocycles. The number of hydrogen-bond donors (Lipinski definition) is 2. The molecule has 8 heteroatoms. The summed E-state index contributed by atoms with van der Waals surface area (Å²) >= 11 is 0. The number of H-pyrrole nitrogens is 1. The number of likely N-dealkylation sites (N-methyl/N-ethyl adjacent to an activating group) is 1. The van der Waals surface area contributed by atoms with Crippen LogP contribution in [0.1, 0.15) is 12.8 Å². The quantitative estimate of drug-likeness (QED) is 0.750. The van der Waals surface area contributed by atoms with Crippen LogP contribution in [0.5, 0.6) is 0 Å². The maximum atomic E-state index is 11.9. The van der Waals surface area contributed by atoms with Crippen LogP contribution in [0.25, 0.3) is 0 Å². The molecule has 2 heterocycles. The van der Waals surface area contributed by atoms with E-state index in [1.807, 2.05) is 0 Å². The van der Waals surface area contributed by atoms with Gasteiger partial charge >= 0.3 is 0 Å². The van der Waals surface area contributed by atoms with Gasteiger partial charge in [0.15, 0.2) is 5.03 Å². The first-order valence-corrected chi connectivity index (χ1v) is 6.73. The van der Waals surface area contributed by atoms with E-state index in [9.17, 15) is 13.2 Å². The Labute approximate surface area is 99.2 Å². The predicted octanol–water partition coefficient (Wildman–Crippen LogP) is -0.691. The molecule has 2 N–H and O–H groups in total. The molecule has 1 fully saturated rings. The molecule has 0 spiro atoms. The zero-order chi connectivity index (χ0) is 12.5. The maximum absolute atomic E-state index is 11.9. The van der Waals surface area contributed by atoms with Crippen LogP contribution in [-0.4, -0.2) is 49.1 Å². The molecule has 7 nitrogen and oxygen atoms in total. The lowest BCUT2D eigenvalue weighted by Crippen LogP contribution is -2.48. The molecule has 0 bridgehead atoms. The minimum Gasteiger partial charge on any atom is -0.344 e.